The number of alkyl halides is 3. The molecule has 1 aliphatic heterocycles. The zero-order valence-electron chi connectivity index (χ0n) is 10.5. The van der Waals surface area contributed by atoms with Crippen molar-refractivity contribution in [1.82, 2.24) is 9.55 Å². The molecule has 1 N–H and O–H groups in total. The molecule has 0 spiro atoms. The SMILES string of the molecule is O=c1[nH]c2ccc(C(F)(F)F)cc2n1CC1CCCO1. The Bertz CT molecular complexity index is 681. The monoisotopic (exact) mass is 286 g/mol. The van der Waals surface area contributed by atoms with Crippen LogP contribution in [0.25, 0.3) is 11.0 Å². The molecule has 2 aromatic rings. The zero-order chi connectivity index (χ0) is 14.3. The van der Waals surface area contributed by atoms with Gasteiger partial charge in [-0.25, -0.2) is 4.79 Å². The van der Waals surface area contributed by atoms with Crippen molar-refractivity contribution in [3.63, 3.8) is 0 Å². The molecule has 4 nitrogen and oxygen atoms in total. The Morgan fingerprint density at radius 1 is 1.40 bits per heavy atom. The van der Waals surface area contributed by atoms with E-state index in [2.05, 4.69) is 4.98 Å². The molecule has 1 saturated heterocycles. The van der Waals surface area contributed by atoms with Crippen molar-refractivity contribution in [3.05, 3.63) is 34.2 Å². The summed E-state index contributed by atoms with van der Waals surface area (Å²) in [5.74, 6) is 0. The van der Waals surface area contributed by atoms with Gasteiger partial charge in [-0.05, 0) is 31.0 Å². The van der Waals surface area contributed by atoms with Crippen LogP contribution < -0.4 is 5.69 Å². The van der Waals surface area contributed by atoms with E-state index >= 15 is 0 Å². The topological polar surface area (TPSA) is 47.0 Å². The first-order chi connectivity index (χ1) is 9.45. The number of fused-ring (bicyclic) bond motifs is 1. The molecule has 0 saturated carbocycles. The Labute approximate surface area is 112 Å². The number of aromatic nitrogens is 2. The van der Waals surface area contributed by atoms with Gasteiger partial charge in [-0.2, -0.15) is 13.2 Å². The lowest BCUT2D eigenvalue weighted by Crippen LogP contribution is -2.24. The predicted octanol–water partition coefficient (Wildman–Crippen LogP) is 2.53. The molecule has 0 radical (unpaired) electrons. The number of imidazole rings is 1. The third-order valence-electron chi connectivity index (χ3n) is 3.51. The Morgan fingerprint density at radius 2 is 2.20 bits per heavy atom. The Balaban J connectivity index is 2.05. The zero-order valence-corrected chi connectivity index (χ0v) is 10.5. The van der Waals surface area contributed by atoms with E-state index < -0.39 is 17.4 Å². The van der Waals surface area contributed by atoms with Crippen molar-refractivity contribution in [2.24, 2.45) is 0 Å². The molecule has 3 rings (SSSR count). The first-order valence-corrected chi connectivity index (χ1v) is 6.36. The van der Waals surface area contributed by atoms with Crippen LogP contribution in [0.2, 0.25) is 0 Å². The molecule has 1 aliphatic rings. The number of rotatable bonds is 2. The van der Waals surface area contributed by atoms with Gasteiger partial charge in [0.2, 0.25) is 0 Å². The predicted molar refractivity (Wildman–Crippen MR) is 66.5 cm³/mol. The molecule has 0 aliphatic carbocycles. The summed E-state index contributed by atoms with van der Waals surface area (Å²) in [5.41, 5.74) is -0.499. The molecule has 1 aromatic heterocycles. The molecule has 0 amide bonds. The fourth-order valence-electron chi connectivity index (χ4n) is 2.50. The first-order valence-electron chi connectivity index (χ1n) is 6.36. The summed E-state index contributed by atoms with van der Waals surface area (Å²) in [6, 6.07) is 3.25. The average Bonchev–Trinajstić information content (AvgIpc) is 2.97. The standard InChI is InChI=1S/C13H13F3N2O2/c14-13(15,16)8-3-4-10-11(6-8)18(12(19)17-10)7-9-2-1-5-20-9/h3-4,6,9H,1-2,5,7H2,(H,17,19). The molecule has 1 fully saturated rings. The highest BCUT2D eigenvalue weighted by Gasteiger charge is 2.31. The minimum Gasteiger partial charge on any atom is -0.376 e. The van der Waals surface area contributed by atoms with Crippen LogP contribution >= 0.6 is 0 Å². The van der Waals surface area contributed by atoms with Gasteiger partial charge in [-0.1, -0.05) is 0 Å². The molecular formula is C13H13F3N2O2. The summed E-state index contributed by atoms with van der Waals surface area (Å²) in [6.07, 6.45) is -2.80. The summed E-state index contributed by atoms with van der Waals surface area (Å²) in [7, 11) is 0. The number of ether oxygens (including phenoxy) is 1. The Hall–Kier alpha value is -1.76. The van der Waals surface area contributed by atoms with E-state index in [1.807, 2.05) is 0 Å². The van der Waals surface area contributed by atoms with E-state index in [4.69, 9.17) is 4.74 Å². The fourth-order valence-corrected chi connectivity index (χ4v) is 2.50. The van der Waals surface area contributed by atoms with Crippen molar-refractivity contribution in [2.75, 3.05) is 6.61 Å². The third kappa shape index (κ3) is 2.33. The number of nitrogens with one attached hydrogen (secondary N) is 1. The Morgan fingerprint density at radius 3 is 2.85 bits per heavy atom. The van der Waals surface area contributed by atoms with Gasteiger partial charge in [0.1, 0.15) is 0 Å². The molecule has 108 valence electrons. The van der Waals surface area contributed by atoms with Gasteiger partial charge in [0.25, 0.3) is 0 Å². The minimum atomic E-state index is -4.42. The van der Waals surface area contributed by atoms with E-state index in [9.17, 15) is 18.0 Å². The van der Waals surface area contributed by atoms with Crippen molar-refractivity contribution in [2.45, 2.75) is 31.7 Å². The van der Waals surface area contributed by atoms with Gasteiger partial charge in [0.15, 0.2) is 0 Å². The number of nitrogens with zero attached hydrogens (tertiary/aromatic N) is 1. The molecule has 0 bridgehead atoms. The van der Waals surface area contributed by atoms with Gasteiger partial charge in [0, 0.05) is 6.61 Å². The normalized spacial score (nSPS) is 19.9. The second-order valence-corrected chi connectivity index (χ2v) is 4.91. The maximum atomic E-state index is 12.7. The summed E-state index contributed by atoms with van der Waals surface area (Å²) >= 11 is 0. The lowest BCUT2D eigenvalue weighted by molar-refractivity contribution is -0.137. The molecule has 2 heterocycles. The summed E-state index contributed by atoms with van der Waals surface area (Å²) in [6.45, 7) is 0.912. The van der Waals surface area contributed by atoms with Gasteiger partial charge < -0.3 is 9.72 Å². The lowest BCUT2D eigenvalue weighted by Gasteiger charge is -2.11. The van der Waals surface area contributed by atoms with Gasteiger partial charge in [0.05, 0.1) is 29.2 Å². The van der Waals surface area contributed by atoms with Crippen LogP contribution in [0.3, 0.4) is 0 Å². The molecule has 20 heavy (non-hydrogen) atoms. The highest BCUT2D eigenvalue weighted by molar-refractivity contribution is 5.76. The van der Waals surface area contributed by atoms with Gasteiger partial charge in [-0.15, -0.1) is 0 Å². The highest BCUT2D eigenvalue weighted by Crippen LogP contribution is 2.31. The van der Waals surface area contributed by atoms with E-state index in [0.29, 0.717) is 12.1 Å². The van der Waals surface area contributed by atoms with Crippen molar-refractivity contribution in [1.29, 1.82) is 0 Å². The van der Waals surface area contributed by atoms with Crippen LogP contribution in [-0.2, 0) is 17.5 Å². The van der Waals surface area contributed by atoms with Gasteiger partial charge >= 0.3 is 11.9 Å². The van der Waals surface area contributed by atoms with Crippen LogP contribution in [0.15, 0.2) is 23.0 Å². The van der Waals surface area contributed by atoms with E-state index in [1.165, 1.54) is 10.6 Å². The number of benzene rings is 1. The van der Waals surface area contributed by atoms with Gasteiger partial charge in [-0.3, -0.25) is 4.57 Å². The van der Waals surface area contributed by atoms with Crippen LogP contribution in [0.1, 0.15) is 18.4 Å². The molecule has 7 heteroatoms. The van der Waals surface area contributed by atoms with E-state index in [1.54, 1.807) is 0 Å². The second-order valence-electron chi connectivity index (χ2n) is 4.91. The maximum absolute atomic E-state index is 12.7. The van der Waals surface area contributed by atoms with Crippen molar-refractivity contribution >= 4 is 11.0 Å². The highest BCUT2D eigenvalue weighted by atomic mass is 19.4. The fraction of sp³-hybridized carbons (Fsp3) is 0.462. The van der Waals surface area contributed by atoms with E-state index in [-0.39, 0.29) is 18.2 Å². The van der Waals surface area contributed by atoms with Crippen LogP contribution in [-0.4, -0.2) is 22.3 Å². The Kier molecular flexibility index (Phi) is 3.08. The third-order valence-corrected chi connectivity index (χ3v) is 3.51. The van der Waals surface area contributed by atoms with E-state index in [0.717, 1.165) is 25.0 Å². The summed E-state index contributed by atoms with van der Waals surface area (Å²) in [5, 5.41) is 0. The summed E-state index contributed by atoms with van der Waals surface area (Å²) in [4.78, 5) is 14.4. The lowest BCUT2D eigenvalue weighted by atomic mass is 10.2. The summed E-state index contributed by atoms with van der Waals surface area (Å²) < 4.78 is 45.0. The number of aromatic amines is 1. The molecule has 1 aromatic carbocycles. The number of H-pyrrole nitrogens is 1. The largest absolute Gasteiger partial charge is 0.416 e. The van der Waals surface area contributed by atoms with Crippen molar-refractivity contribution in [3.8, 4) is 0 Å². The quantitative estimate of drug-likeness (QED) is 0.922. The first kappa shape index (κ1) is 13.2. The van der Waals surface area contributed by atoms with Crippen molar-refractivity contribution < 1.29 is 17.9 Å². The van der Waals surface area contributed by atoms with Crippen LogP contribution in [0, 0.1) is 0 Å². The number of halogens is 3. The molecular weight excluding hydrogens is 273 g/mol. The average molecular weight is 286 g/mol. The van der Waals surface area contributed by atoms with Crippen LogP contribution in [0.4, 0.5) is 13.2 Å². The molecule has 1 unspecified atom stereocenters. The minimum absolute atomic E-state index is 0.110. The number of hydrogen-bond donors (Lipinski definition) is 1. The smallest absolute Gasteiger partial charge is 0.376 e. The molecule has 1 atom stereocenters. The maximum Gasteiger partial charge on any atom is 0.416 e. The second kappa shape index (κ2) is 4.66. The number of hydrogen-bond acceptors (Lipinski definition) is 2. The van der Waals surface area contributed by atoms with Crippen LogP contribution in [0.5, 0.6) is 0 Å².